The highest BCUT2D eigenvalue weighted by Gasteiger charge is 2.19. The average Bonchev–Trinajstić information content (AvgIpc) is 3.02. The van der Waals surface area contributed by atoms with Crippen LogP contribution in [0.2, 0.25) is 0 Å². The molecular weight excluding hydrogens is 326 g/mol. The maximum absolute atomic E-state index is 12.1. The third kappa shape index (κ3) is 2.69. The molecule has 4 rings (SSSR count). The summed E-state index contributed by atoms with van der Waals surface area (Å²) in [4.78, 5) is 16.3. The molecule has 3 aromatic heterocycles. The van der Waals surface area contributed by atoms with Gasteiger partial charge >= 0.3 is 0 Å². The zero-order valence-electron chi connectivity index (χ0n) is 14.9. The number of fused-ring (bicyclic) bond motifs is 1. The second kappa shape index (κ2) is 6.22. The van der Waals surface area contributed by atoms with Crippen molar-refractivity contribution in [1.82, 2.24) is 24.4 Å². The van der Waals surface area contributed by atoms with Gasteiger partial charge in [-0.3, -0.25) is 9.78 Å². The molecule has 3 heterocycles. The number of hydrogen-bond acceptors (Lipinski definition) is 4. The predicted octanol–water partition coefficient (Wildman–Crippen LogP) is 3.51. The lowest BCUT2D eigenvalue weighted by Gasteiger charge is -2.10. The lowest BCUT2D eigenvalue weighted by Crippen LogP contribution is -2.23. The van der Waals surface area contributed by atoms with Gasteiger partial charge in [0.15, 0.2) is 0 Å². The minimum Gasteiger partial charge on any atom is -0.268 e. The Labute approximate surface area is 150 Å². The van der Waals surface area contributed by atoms with Crippen LogP contribution in [0.5, 0.6) is 0 Å². The molecular formula is C20H19N5O. The molecule has 0 spiro atoms. The Morgan fingerprint density at radius 3 is 2.50 bits per heavy atom. The molecule has 0 aliphatic carbocycles. The normalized spacial score (nSPS) is 11.4. The van der Waals surface area contributed by atoms with E-state index in [1.807, 2.05) is 32.2 Å². The molecule has 6 heteroatoms. The van der Waals surface area contributed by atoms with E-state index in [-0.39, 0.29) is 11.6 Å². The van der Waals surface area contributed by atoms with Crippen LogP contribution in [0, 0.1) is 6.92 Å². The van der Waals surface area contributed by atoms with Crippen molar-refractivity contribution < 1.29 is 0 Å². The second-order valence-electron chi connectivity index (χ2n) is 6.59. The van der Waals surface area contributed by atoms with Gasteiger partial charge in [0.2, 0.25) is 0 Å². The fourth-order valence-corrected chi connectivity index (χ4v) is 2.99. The smallest absolute Gasteiger partial charge is 0.267 e. The fraction of sp³-hybridized carbons (Fsp3) is 0.200. The van der Waals surface area contributed by atoms with Crippen molar-refractivity contribution in [2.45, 2.75) is 26.8 Å². The second-order valence-corrected chi connectivity index (χ2v) is 6.59. The lowest BCUT2D eigenvalue weighted by molar-refractivity contribution is 0.505. The van der Waals surface area contributed by atoms with Gasteiger partial charge in [-0.25, -0.2) is 9.20 Å². The number of nitrogens with zero attached hydrogens (tertiary/aromatic N) is 5. The van der Waals surface area contributed by atoms with E-state index in [9.17, 15) is 4.79 Å². The summed E-state index contributed by atoms with van der Waals surface area (Å²) >= 11 is 0. The van der Waals surface area contributed by atoms with Crippen LogP contribution >= 0.6 is 0 Å². The monoisotopic (exact) mass is 345 g/mol. The first-order valence-electron chi connectivity index (χ1n) is 8.54. The van der Waals surface area contributed by atoms with Crippen LogP contribution in [0.25, 0.3) is 28.0 Å². The standard InChI is InChI=1S/C20H19N5O/c1-13(2)25-18(26)9-8-16(22-25)19-17-12-21-10-11-24(17)23-20(19)15-6-4-14(3)5-7-15/h4-13H,1-3H3. The number of aryl methyl sites for hydroxylation is 1. The molecule has 0 amide bonds. The largest absolute Gasteiger partial charge is 0.268 e. The first kappa shape index (κ1) is 16.2. The molecule has 0 radical (unpaired) electrons. The molecule has 0 atom stereocenters. The van der Waals surface area contributed by atoms with Crippen molar-refractivity contribution in [3.63, 3.8) is 0 Å². The van der Waals surface area contributed by atoms with E-state index in [4.69, 9.17) is 5.10 Å². The fourth-order valence-electron chi connectivity index (χ4n) is 2.99. The highest BCUT2D eigenvalue weighted by atomic mass is 16.1. The van der Waals surface area contributed by atoms with Crippen LogP contribution < -0.4 is 5.56 Å². The Bertz CT molecular complexity index is 1140. The van der Waals surface area contributed by atoms with Crippen molar-refractivity contribution in [2.24, 2.45) is 0 Å². The van der Waals surface area contributed by atoms with E-state index in [0.29, 0.717) is 5.69 Å². The molecule has 6 nitrogen and oxygen atoms in total. The molecule has 0 bridgehead atoms. The summed E-state index contributed by atoms with van der Waals surface area (Å²) in [6.07, 6.45) is 5.28. The van der Waals surface area contributed by atoms with Gasteiger partial charge in [0.05, 0.1) is 29.0 Å². The molecule has 0 unspecified atom stereocenters. The summed E-state index contributed by atoms with van der Waals surface area (Å²) in [7, 11) is 0. The first-order valence-corrected chi connectivity index (χ1v) is 8.54. The van der Waals surface area contributed by atoms with Gasteiger partial charge in [0, 0.05) is 24.0 Å². The van der Waals surface area contributed by atoms with Gasteiger partial charge in [0.1, 0.15) is 5.69 Å². The van der Waals surface area contributed by atoms with Gasteiger partial charge in [-0.15, -0.1) is 0 Å². The molecule has 4 aromatic rings. The van der Waals surface area contributed by atoms with Crippen molar-refractivity contribution in [3.05, 3.63) is 70.9 Å². The van der Waals surface area contributed by atoms with E-state index in [2.05, 4.69) is 29.1 Å². The quantitative estimate of drug-likeness (QED) is 0.570. The van der Waals surface area contributed by atoms with Crippen molar-refractivity contribution in [2.75, 3.05) is 0 Å². The Morgan fingerprint density at radius 2 is 1.77 bits per heavy atom. The van der Waals surface area contributed by atoms with Crippen LogP contribution in [-0.4, -0.2) is 24.4 Å². The third-order valence-electron chi connectivity index (χ3n) is 4.33. The van der Waals surface area contributed by atoms with Crippen LogP contribution in [-0.2, 0) is 0 Å². The first-order chi connectivity index (χ1) is 12.5. The van der Waals surface area contributed by atoms with E-state index >= 15 is 0 Å². The van der Waals surface area contributed by atoms with E-state index < -0.39 is 0 Å². The highest BCUT2D eigenvalue weighted by molar-refractivity contribution is 5.90. The molecule has 0 aliphatic rings. The maximum atomic E-state index is 12.1. The number of benzene rings is 1. The summed E-state index contributed by atoms with van der Waals surface area (Å²) in [6, 6.07) is 11.5. The Kier molecular flexibility index (Phi) is 3.88. The molecule has 0 fully saturated rings. The predicted molar refractivity (Wildman–Crippen MR) is 101 cm³/mol. The summed E-state index contributed by atoms with van der Waals surface area (Å²) in [5.41, 5.74) is 5.32. The minimum atomic E-state index is -0.116. The topological polar surface area (TPSA) is 65.1 Å². The van der Waals surface area contributed by atoms with Crippen molar-refractivity contribution in [1.29, 1.82) is 0 Å². The van der Waals surface area contributed by atoms with Crippen molar-refractivity contribution >= 4 is 5.52 Å². The van der Waals surface area contributed by atoms with Gasteiger partial charge in [-0.05, 0) is 26.8 Å². The molecule has 0 saturated carbocycles. The van der Waals surface area contributed by atoms with Crippen molar-refractivity contribution in [3.8, 4) is 22.5 Å². The summed E-state index contributed by atoms with van der Waals surface area (Å²) < 4.78 is 3.29. The Balaban J connectivity index is 2.02. The third-order valence-corrected chi connectivity index (χ3v) is 4.33. The van der Waals surface area contributed by atoms with Gasteiger partial charge in [0.25, 0.3) is 5.56 Å². The van der Waals surface area contributed by atoms with Gasteiger partial charge in [-0.2, -0.15) is 10.2 Å². The molecule has 1 aromatic carbocycles. The van der Waals surface area contributed by atoms with Crippen LogP contribution in [0.15, 0.2) is 59.8 Å². The Hall–Kier alpha value is -3.28. The molecule has 26 heavy (non-hydrogen) atoms. The van der Waals surface area contributed by atoms with Crippen LogP contribution in [0.4, 0.5) is 0 Å². The number of hydrogen-bond donors (Lipinski definition) is 0. The minimum absolute atomic E-state index is 0.0229. The number of rotatable bonds is 3. The highest BCUT2D eigenvalue weighted by Crippen LogP contribution is 2.33. The van der Waals surface area contributed by atoms with Crippen LogP contribution in [0.3, 0.4) is 0 Å². The zero-order chi connectivity index (χ0) is 18.3. The van der Waals surface area contributed by atoms with E-state index in [1.165, 1.54) is 10.2 Å². The van der Waals surface area contributed by atoms with E-state index in [1.54, 1.807) is 29.0 Å². The SMILES string of the molecule is Cc1ccc(-c2nn3ccncc3c2-c2ccc(=O)n(C(C)C)n2)cc1. The van der Waals surface area contributed by atoms with E-state index in [0.717, 1.165) is 22.3 Å². The molecule has 0 saturated heterocycles. The summed E-state index contributed by atoms with van der Waals surface area (Å²) in [5, 5.41) is 9.33. The summed E-state index contributed by atoms with van der Waals surface area (Å²) in [6.45, 7) is 5.94. The van der Waals surface area contributed by atoms with Crippen LogP contribution in [0.1, 0.15) is 25.5 Å². The maximum Gasteiger partial charge on any atom is 0.267 e. The summed E-state index contributed by atoms with van der Waals surface area (Å²) in [5.74, 6) is 0. The Morgan fingerprint density at radius 1 is 1.00 bits per heavy atom. The molecule has 0 aliphatic heterocycles. The average molecular weight is 345 g/mol. The number of aromatic nitrogens is 5. The lowest BCUT2D eigenvalue weighted by atomic mass is 10.0. The zero-order valence-corrected chi connectivity index (χ0v) is 14.9. The van der Waals surface area contributed by atoms with Gasteiger partial charge < -0.3 is 0 Å². The molecule has 130 valence electrons. The van der Waals surface area contributed by atoms with Gasteiger partial charge in [-0.1, -0.05) is 29.8 Å². The molecule has 0 N–H and O–H groups in total.